The molecule has 31 heavy (non-hydrogen) atoms. The largest absolute Gasteiger partial charge is 0.490 e. The second-order valence-corrected chi connectivity index (χ2v) is 7.89. The Morgan fingerprint density at radius 3 is 2.52 bits per heavy atom. The van der Waals surface area contributed by atoms with Crippen molar-refractivity contribution in [3.8, 4) is 17.6 Å². The number of amides is 1. The first-order valence-electron chi connectivity index (χ1n) is 10.1. The minimum atomic E-state index is -0.0692. The number of para-hydroxylation sites is 1. The summed E-state index contributed by atoms with van der Waals surface area (Å²) in [5, 5.41) is 9.43. The van der Waals surface area contributed by atoms with Crippen LogP contribution < -0.4 is 9.47 Å². The first kappa shape index (κ1) is 22.4. The summed E-state index contributed by atoms with van der Waals surface area (Å²) in [6.07, 6.45) is 1.83. The molecule has 0 saturated carbocycles. The molecule has 7 heteroatoms. The van der Waals surface area contributed by atoms with E-state index in [1.54, 1.807) is 11.0 Å². The van der Waals surface area contributed by atoms with Crippen molar-refractivity contribution in [2.45, 2.75) is 27.7 Å². The van der Waals surface area contributed by atoms with E-state index in [-0.39, 0.29) is 12.5 Å². The maximum absolute atomic E-state index is 13.0. The number of thioether (sulfide) groups is 1. The summed E-state index contributed by atoms with van der Waals surface area (Å²) in [4.78, 5) is 20.1. The van der Waals surface area contributed by atoms with Crippen LogP contribution in [0.4, 0.5) is 5.69 Å². The highest BCUT2D eigenvalue weighted by Gasteiger charge is 2.32. The van der Waals surface area contributed by atoms with Crippen LogP contribution in [0.3, 0.4) is 0 Å². The van der Waals surface area contributed by atoms with Crippen LogP contribution in [0.2, 0.25) is 0 Å². The van der Waals surface area contributed by atoms with Gasteiger partial charge in [0.1, 0.15) is 6.07 Å². The van der Waals surface area contributed by atoms with Crippen molar-refractivity contribution in [2.24, 2.45) is 4.99 Å². The van der Waals surface area contributed by atoms with Crippen molar-refractivity contribution in [1.82, 2.24) is 4.90 Å². The number of hydrogen-bond acceptors (Lipinski definition) is 6. The molecule has 6 nitrogen and oxygen atoms in total. The zero-order valence-electron chi connectivity index (χ0n) is 18.1. The Balaban J connectivity index is 1.94. The molecule has 0 unspecified atom stereocenters. The molecule has 1 aliphatic rings. The molecule has 0 atom stereocenters. The highest BCUT2D eigenvalue weighted by atomic mass is 32.2. The normalized spacial score (nSPS) is 16.1. The van der Waals surface area contributed by atoms with Gasteiger partial charge < -0.3 is 9.47 Å². The third-order valence-corrected chi connectivity index (χ3v) is 5.72. The van der Waals surface area contributed by atoms with E-state index >= 15 is 0 Å². The minimum Gasteiger partial charge on any atom is -0.490 e. The molecule has 0 N–H and O–H groups in total. The van der Waals surface area contributed by atoms with Crippen molar-refractivity contribution in [2.75, 3.05) is 19.8 Å². The van der Waals surface area contributed by atoms with E-state index < -0.39 is 0 Å². The van der Waals surface area contributed by atoms with Gasteiger partial charge in [0, 0.05) is 6.54 Å². The van der Waals surface area contributed by atoms with Crippen molar-refractivity contribution in [3.63, 3.8) is 0 Å². The molecule has 0 aliphatic carbocycles. The number of benzene rings is 2. The van der Waals surface area contributed by atoms with Gasteiger partial charge in [0.05, 0.1) is 17.2 Å². The number of carbonyl (C=O) groups excluding carboxylic acids is 1. The fourth-order valence-electron chi connectivity index (χ4n) is 3.21. The summed E-state index contributed by atoms with van der Waals surface area (Å²) in [7, 11) is 0. The fraction of sp³-hybridized carbons (Fsp3) is 0.292. The smallest absolute Gasteiger partial charge is 0.266 e. The highest BCUT2D eigenvalue weighted by molar-refractivity contribution is 8.18. The van der Waals surface area contributed by atoms with Crippen molar-refractivity contribution in [3.05, 3.63) is 58.0 Å². The fourth-order valence-corrected chi connectivity index (χ4v) is 4.26. The van der Waals surface area contributed by atoms with Gasteiger partial charge in [-0.3, -0.25) is 9.69 Å². The van der Waals surface area contributed by atoms with Gasteiger partial charge in [0.15, 0.2) is 23.3 Å². The van der Waals surface area contributed by atoms with Crippen molar-refractivity contribution >= 4 is 34.6 Å². The van der Waals surface area contributed by atoms with E-state index in [9.17, 15) is 4.79 Å². The van der Waals surface area contributed by atoms with E-state index in [4.69, 9.17) is 19.7 Å². The number of amidine groups is 1. The molecule has 0 bridgehead atoms. The number of ether oxygens (including phenoxy) is 2. The topological polar surface area (TPSA) is 74.9 Å². The predicted molar refractivity (Wildman–Crippen MR) is 125 cm³/mol. The van der Waals surface area contributed by atoms with Crippen LogP contribution in [0.5, 0.6) is 11.5 Å². The summed E-state index contributed by atoms with van der Waals surface area (Å²) < 4.78 is 11.1. The number of nitrogens with zero attached hydrogens (tertiary/aromatic N) is 3. The molecule has 1 saturated heterocycles. The number of rotatable bonds is 7. The van der Waals surface area contributed by atoms with Gasteiger partial charge in [-0.05, 0) is 74.4 Å². The third kappa shape index (κ3) is 5.09. The van der Waals surface area contributed by atoms with Crippen LogP contribution in [-0.2, 0) is 4.79 Å². The van der Waals surface area contributed by atoms with Crippen LogP contribution in [0, 0.1) is 25.2 Å². The standard InChI is InChI=1S/C24H25N3O3S/c1-5-27-23(28)21(31-24(27)26-22-16(3)8-7-9-17(22)4)15-18-10-11-19(30-13-12-25)20(14-18)29-6-2/h7-11,14-15H,5-6,13H2,1-4H3/b21-15+,26-24?. The average molecular weight is 436 g/mol. The van der Waals surface area contributed by atoms with Gasteiger partial charge in [0.25, 0.3) is 5.91 Å². The van der Waals surface area contributed by atoms with Gasteiger partial charge in [-0.1, -0.05) is 24.3 Å². The molecule has 0 aromatic heterocycles. The number of nitriles is 1. The Morgan fingerprint density at radius 2 is 1.87 bits per heavy atom. The molecule has 2 aromatic rings. The molecule has 0 spiro atoms. The lowest BCUT2D eigenvalue weighted by Crippen LogP contribution is -2.28. The molecular weight excluding hydrogens is 410 g/mol. The SMILES string of the molecule is CCOc1cc(/C=C2/SC(=Nc3c(C)cccc3C)N(CC)C2=O)ccc1OCC#N. The number of aryl methyl sites for hydroxylation is 2. The van der Waals surface area contributed by atoms with Gasteiger partial charge in [-0.25, -0.2) is 4.99 Å². The molecule has 2 aromatic carbocycles. The Hall–Kier alpha value is -3.24. The molecule has 0 radical (unpaired) electrons. The Labute approximate surface area is 187 Å². The second-order valence-electron chi connectivity index (χ2n) is 6.88. The highest BCUT2D eigenvalue weighted by Crippen LogP contribution is 2.36. The van der Waals surface area contributed by atoms with Crippen LogP contribution in [0.1, 0.15) is 30.5 Å². The third-order valence-electron chi connectivity index (χ3n) is 4.71. The number of carbonyl (C=O) groups is 1. The molecule has 1 heterocycles. The lowest BCUT2D eigenvalue weighted by atomic mass is 10.1. The minimum absolute atomic E-state index is 0.0571. The summed E-state index contributed by atoms with van der Waals surface area (Å²) in [5.41, 5.74) is 3.86. The quantitative estimate of drug-likeness (QED) is 0.557. The number of likely N-dealkylation sites (N-methyl/N-ethyl adjacent to an activating group) is 1. The zero-order chi connectivity index (χ0) is 22.4. The maximum atomic E-state index is 13.0. The summed E-state index contributed by atoms with van der Waals surface area (Å²) in [5.74, 6) is 0.975. The molecule has 1 amide bonds. The second kappa shape index (κ2) is 10.2. The van der Waals surface area contributed by atoms with Crippen LogP contribution in [0.15, 0.2) is 46.3 Å². The summed E-state index contributed by atoms with van der Waals surface area (Å²) in [6.45, 7) is 8.81. The van der Waals surface area contributed by atoms with Crippen LogP contribution in [0.25, 0.3) is 6.08 Å². The van der Waals surface area contributed by atoms with E-state index in [1.165, 1.54) is 11.8 Å². The summed E-state index contributed by atoms with van der Waals surface area (Å²) >= 11 is 1.37. The molecule has 1 aliphatic heterocycles. The molecule has 3 rings (SSSR count). The number of hydrogen-bond donors (Lipinski definition) is 0. The maximum Gasteiger partial charge on any atom is 0.266 e. The average Bonchev–Trinajstić information content (AvgIpc) is 3.04. The van der Waals surface area contributed by atoms with E-state index in [0.29, 0.717) is 34.7 Å². The van der Waals surface area contributed by atoms with Crippen molar-refractivity contribution in [1.29, 1.82) is 5.26 Å². The van der Waals surface area contributed by atoms with Gasteiger partial charge in [0.2, 0.25) is 0 Å². The van der Waals surface area contributed by atoms with E-state index in [2.05, 4.69) is 0 Å². The van der Waals surface area contributed by atoms with Crippen LogP contribution in [-0.4, -0.2) is 35.7 Å². The first-order valence-corrected chi connectivity index (χ1v) is 10.9. The van der Waals surface area contributed by atoms with Gasteiger partial charge >= 0.3 is 0 Å². The summed E-state index contributed by atoms with van der Waals surface area (Å²) in [6, 6.07) is 13.4. The predicted octanol–water partition coefficient (Wildman–Crippen LogP) is 5.23. The Morgan fingerprint density at radius 1 is 1.13 bits per heavy atom. The van der Waals surface area contributed by atoms with E-state index in [1.807, 2.05) is 70.2 Å². The first-order chi connectivity index (χ1) is 15.0. The van der Waals surface area contributed by atoms with Gasteiger partial charge in [-0.2, -0.15) is 5.26 Å². The lowest BCUT2D eigenvalue weighted by Gasteiger charge is -2.13. The van der Waals surface area contributed by atoms with E-state index in [0.717, 1.165) is 22.4 Å². The molecular formula is C24H25N3O3S. The Bertz CT molecular complexity index is 1070. The molecule has 1 fully saturated rings. The molecule has 160 valence electrons. The van der Waals surface area contributed by atoms with Gasteiger partial charge in [-0.15, -0.1) is 0 Å². The Kier molecular flexibility index (Phi) is 7.37. The monoisotopic (exact) mass is 435 g/mol. The van der Waals surface area contributed by atoms with Crippen LogP contribution >= 0.6 is 11.8 Å². The van der Waals surface area contributed by atoms with Crippen molar-refractivity contribution < 1.29 is 14.3 Å². The number of aliphatic imine (C=N–C) groups is 1. The zero-order valence-corrected chi connectivity index (χ0v) is 19.0. The lowest BCUT2D eigenvalue weighted by molar-refractivity contribution is -0.122.